The largest absolute Gasteiger partial charge is 0.495 e. The summed E-state index contributed by atoms with van der Waals surface area (Å²) < 4.78 is 11.0. The van der Waals surface area contributed by atoms with Gasteiger partial charge in [0.25, 0.3) is 5.91 Å². The number of hydrogen-bond donors (Lipinski definition) is 1. The Bertz CT molecular complexity index is 1500. The number of hydrogen-bond acceptors (Lipinski definition) is 8. The first-order chi connectivity index (χ1) is 19.4. The summed E-state index contributed by atoms with van der Waals surface area (Å²) in [6.45, 7) is 7.76. The first kappa shape index (κ1) is 28.0. The zero-order valence-electron chi connectivity index (χ0n) is 22.6. The van der Waals surface area contributed by atoms with Gasteiger partial charge >= 0.3 is 0 Å². The van der Waals surface area contributed by atoms with Gasteiger partial charge in [0.05, 0.1) is 47.2 Å². The van der Waals surface area contributed by atoms with Crippen LogP contribution in [0.15, 0.2) is 48.8 Å². The van der Waals surface area contributed by atoms with Gasteiger partial charge in [-0.05, 0) is 24.7 Å². The van der Waals surface area contributed by atoms with E-state index in [1.165, 1.54) is 14.2 Å². The van der Waals surface area contributed by atoms with E-state index in [9.17, 15) is 4.79 Å². The van der Waals surface area contributed by atoms with Crippen molar-refractivity contribution in [2.45, 2.75) is 13.5 Å². The highest BCUT2D eigenvalue weighted by molar-refractivity contribution is 6.41. The summed E-state index contributed by atoms with van der Waals surface area (Å²) in [7, 11) is 3.05. The summed E-state index contributed by atoms with van der Waals surface area (Å²) in [5.74, 6) is 0.888. The lowest BCUT2D eigenvalue weighted by Gasteiger charge is -2.33. The van der Waals surface area contributed by atoms with Crippen LogP contribution in [0.2, 0.25) is 10.0 Å². The second-order valence-electron chi connectivity index (χ2n) is 9.38. The minimum atomic E-state index is -0.353. The molecule has 1 fully saturated rings. The Morgan fingerprint density at radius 1 is 0.950 bits per heavy atom. The normalized spacial score (nSPS) is 14.3. The molecule has 1 aliphatic heterocycles. The number of halogens is 2. The first-order valence-corrected chi connectivity index (χ1v) is 13.7. The highest BCUT2D eigenvalue weighted by atomic mass is 35.5. The average molecular weight is 582 g/mol. The molecular formula is C29H30Cl2N6O3. The van der Waals surface area contributed by atoms with Gasteiger partial charge in [0.2, 0.25) is 0 Å². The van der Waals surface area contributed by atoms with Crippen LogP contribution in [0.4, 0.5) is 5.82 Å². The van der Waals surface area contributed by atoms with Gasteiger partial charge in [-0.3, -0.25) is 14.7 Å². The van der Waals surface area contributed by atoms with Gasteiger partial charge in [0.1, 0.15) is 22.8 Å². The number of ether oxygens (including phenoxy) is 2. The van der Waals surface area contributed by atoms with Gasteiger partial charge in [-0.15, -0.1) is 0 Å². The molecule has 40 heavy (non-hydrogen) atoms. The Morgan fingerprint density at radius 3 is 2.27 bits per heavy atom. The molecule has 0 aliphatic carbocycles. The van der Waals surface area contributed by atoms with Crippen molar-refractivity contribution in [3.63, 3.8) is 0 Å². The maximum Gasteiger partial charge on any atom is 0.259 e. The van der Waals surface area contributed by atoms with E-state index in [0.717, 1.165) is 38.4 Å². The zero-order chi connectivity index (χ0) is 28.2. The number of benzene rings is 2. The molecule has 208 valence electrons. The van der Waals surface area contributed by atoms with E-state index in [2.05, 4.69) is 27.0 Å². The smallest absolute Gasteiger partial charge is 0.259 e. The number of piperazine rings is 1. The number of aromatic nitrogens is 3. The molecule has 1 amide bonds. The SMILES string of the molecule is CCN1CCN(Cc2cnc3c(C(=O)Nc4ccccn4)ccc(-c4c(Cl)c(OC)cc(OC)c4Cl)c3n2)CC1. The Labute approximate surface area is 243 Å². The number of amides is 1. The predicted molar refractivity (Wildman–Crippen MR) is 158 cm³/mol. The van der Waals surface area contributed by atoms with Crippen molar-refractivity contribution in [2.24, 2.45) is 0 Å². The van der Waals surface area contributed by atoms with Gasteiger partial charge in [-0.1, -0.05) is 42.3 Å². The highest BCUT2D eigenvalue weighted by Crippen LogP contribution is 2.47. The molecule has 9 nitrogen and oxygen atoms in total. The predicted octanol–water partition coefficient (Wildman–Crippen LogP) is 5.41. The van der Waals surface area contributed by atoms with Crippen molar-refractivity contribution in [1.82, 2.24) is 24.8 Å². The molecule has 1 saturated heterocycles. The minimum absolute atomic E-state index is 0.308. The van der Waals surface area contributed by atoms with Gasteiger partial charge in [0.15, 0.2) is 0 Å². The zero-order valence-corrected chi connectivity index (χ0v) is 24.1. The van der Waals surface area contributed by atoms with Gasteiger partial charge in [-0.2, -0.15) is 0 Å². The van der Waals surface area contributed by atoms with Crippen molar-refractivity contribution < 1.29 is 14.3 Å². The van der Waals surface area contributed by atoms with Crippen molar-refractivity contribution in [1.29, 1.82) is 0 Å². The molecule has 0 radical (unpaired) electrons. The molecule has 3 heterocycles. The number of carbonyl (C=O) groups excluding carboxylic acids is 1. The molecule has 11 heteroatoms. The van der Waals surface area contributed by atoms with E-state index >= 15 is 0 Å². The van der Waals surface area contributed by atoms with E-state index in [1.54, 1.807) is 48.8 Å². The molecule has 2 aromatic heterocycles. The summed E-state index contributed by atoms with van der Waals surface area (Å²) in [6, 6.07) is 10.4. The number of methoxy groups -OCH3 is 2. The fourth-order valence-corrected chi connectivity index (χ4v) is 5.54. The van der Waals surface area contributed by atoms with Crippen molar-refractivity contribution in [2.75, 3.05) is 52.3 Å². The van der Waals surface area contributed by atoms with Gasteiger partial charge in [-0.25, -0.2) is 9.97 Å². The third-order valence-corrected chi connectivity index (χ3v) is 7.79. The number of rotatable bonds is 8. The van der Waals surface area contributed by atoms with Crippen LogP contribution in [-0.2, 0) is 6.54 Å². The molecule has 4 aromatic rings. The quantitative estimate of drug-likeness (QED) is 0.296. The topological polar surface area (TPSA) is 92.7 Å². The molecule has 0 bridgehead atoms. The number of likely N-dealkylation sites (N-methyl/N-ethyl adjacent to an activating group) is 1. The average Bonchev–Trinajstić information content (AvgIpc) is 2.98. The van der Waals surface area contributed by atoms with E-state index in [0.29, 0.717) is 61.6 Å². The lowest BCUT2D eigenvalue weighted by atomic mass is 9.99. The second kappa shape index (κ2) is 12.3. The summed E-state index contributed by atoms with van der Waals surface area (Å²) in [5, 5.41) is 3.45. The van der Waals surface area contributed by atoms with Crippen LogP contribution < -0.4 is 14.8 Å². The van der Waals surface area contributed by atoms with Crippen LogP contribution in [-0.4, -0.2) is 77.6 Å². The van der Waals surface area contributed by atoms with Crippen LogP contribution in [0.5, 0.6) is 11.5 Å². The lowest BCUT2D eigenvalue weighted by Crippen LogP contribution is -2.45. The second-order valence-corrected chi connectivity index (χ2v) is 10.1. The summed E-state index contributed by atoms with van der Waals surface area (Å²) >= 11 is 13.6. The van der Waals surface area contributed by atoms with Crippen LogP contribution >= 0.6 is 23.2 Å². The monoisotopic (exact) mass is 580 g/mol. The van der Waals surface area contributed by atoms with E-state index < -0.39 is 0 Å². The maximum absolute atomic E-state index is 13.3. The van der Waals surface area contributed by atoms with Crippen molar-refractivity contribution in [3.05, 3.63) is 70.1 Å². The number of nitrogens with zero attached hydrogens (tertiary/aromatic N) is 5. The van der Waals surface area contributed by atoms with Crippen LogP contribution in [0.25, 0.3) is 22.2 Å². The van der Waals surface area contributed by atoms with E-state index in [1.807, 2.05) is 0 Å². The Morgan fingerprint density at radius 2 is 1.65 bits per heavy atom. The Hall–Kier alpha value is -3.50. The number of anilines is 1. The molecule has 0 unspecified atom stereocenters. The summed E-state index contributed by atoms with van der Waals surface area (Å²) in [5.41, 5.74) is 3.15. The molecule has 0 spiro atoms. The highest BCUT2D eigenvalue weighted by Gasteiger charge is 2.24. The number of fused-ring (bicyclic) bond motifs is 1. The Kier molecular flexibility index (Phi) is 8.66. The molecular weight excluding hydrogens is 551 g/mol. The van der Waals surface area contributed by atoms with Crippen LogP contribution in [0, 0.1) is 0 Å². The summed E-state index contributed by atoms with van der Waals surface area (Å²) in [6.07, 6.45) is 3.34. The fourth-order valence-electron chi connectivity index (χ4n) is 4.83. The third kappa shape index (κ3) is 5.69. The molecule has 0 atom stereocenters. The number of nitrogens with one attached hydrogen (secondary N) is 1. The summed E-state index contributed by atoms with van der Waals surface area (Å²) in [4.78, 5) is 32.1. The van der Waals surface area contributed by atoms with Gasteiger partial charge in [0, 0.05) is 56.1 Å². The lowest BCUT2D eigenvalue weighted by molar-refractivity contribution is 0.102. The van der Waals surface area contributed by atoms with Crippen LogP contribution in [0.3, 0.4) is 0 Å². The van der Waals surface area contributed by atoms with E-state index in [-0.39, 0.29) is 5.91 Å². The minimum Gasteiger partial charge on any atom is -0.495 e. The van der Waals surface area contributed by atoms with Crippen molar-refractivity contribution in [3.8, 4) is 22.6 Å². The van der Waals surface area contributed by atoms with E-state index in [4.69, 9.17) is 42.6 Å². The molecule has 2 aromatic carbocycles. The molecule has 0 saturated carbocycles. The number of carbonyl (C=O) groups is 1. The molecule has 1 N–H and O–H groups in total. The van der Waals surface area contributed by atoms with Gasteiger partial charge < -0.3 is 19.7 Å². The fraction of sp³-hybridized carbons (Fsp3) is 0.310. The molecule has 5 rings (SSSR count). The molecule has 1 aliphatic rings. The van der Waals surface area contributed by atoms with Crippen molar-refractivity contribution >= 4 is 46.0 Å². The third-order valence-electron chi connectivity index (χ3n) is 7.04. The Balaban J connectivity index is 1.63. The number of pyridine rings is 1. The standard InChI is InChI=1S/C29H30Cl2N6O3/c1-4-36-11-13-37(14-12-36)17-18-16-33-27-20(29(38)35-23-7-5-6-10-32-23)9-8-19(28(27)34-18)24-25(30)21(39-2)15-22(40-3)26(24)31/h5-10,15-16H,4,11-14,17H2,1-3H3,(H,32,35,38). The van der Waals surface area contributed by atoms with Crippen LogP contribution in [0.1, 0.15) is 23.0 Å². The first-order valence-electron chi connectivity index (χ1n) is 13.0. The maximum atomic E-state index is 13.3.